The van der Waals surface area contributed by atoms with Crippen LogP contribution in [0, 0.1) is 19.8 Å². The summed E-state index contributed by atoms with van der Waals surface area (Å²) in [6.45, 7) is 17.0. The van der Waals surface area contributed by atoms with Crippen LogP contribution in [0.2, 0.25) is 0 Å². The van der Waals surface area contributed by atoms with E-state index < -0.39 is 5.97 Å². The second-order valence-corrected chi connectivity index (χ2v) is 14.9. The third kappa shape index (κ3) is 12.1. The van der Waals surface area contributed by atoms with Crippen molar-refractivity contribution in [2.75, 3.05) is 43.0 Å². The Balaban J connectivity index is 0.000000267. The van der Waals surface area contributed by atoms with Gasteiger partial charge in [0.2, 0.25) is 11.8 Å². The summed E-state index contributed by atoms with van der Waals surface area (Å²) in [5.74, 6) is -0.246. The molecule has 9 heteroatoms. The fourth-order valence-corrected chi connectivity index (χ4v) is 7.56. The molecular weight excluding hydrogens is 665 g/mol. The van der Waals surface area contributed by atoms with Gasteiger partial charge in [-0.25, -0.2) is 4.79 Å². The molecule has 0 aliphatic carbocycles. The number of benzene rings is 3. The number of carbonyl (C=O) groups excluding carboxylic acids is 2. The van der Waals surface area contributed by atoms with Crippen molar-refractivity contribution in [1.29, 1.82) is 0 Å². The first-order valence-corrected chi connectivity index (χ1v) is 19.8. The van der Waals surface area contributed by atoms with Crippen molar-refractivity contribution < 1.29 is 24.2 Å². The average Bonchev–Trinajstić information content (AvgIpc) is 3.14. The van der Waals surface area contributed by atoms with Crippen molar-refractivity contribution in [3.63, 3.8) is 0 Å². The van der Waals surface area contributed by atoms with E-state index in [4.69, 9.17) is 4.74 Å². The molecule has 0 saturated carbocycles. The largest absolute Gasteiger partial charge is 0.493 e. The van der Waals surface area contributed by atoms with Crippen LogP contribution in [-0.2, 0) is 16.0 Å². The number of rotatable bonds is 14. The minimum absolute atomic E-state index is 0.0442. The second kappa shape index (κ2) is 20.8. The van der Waals surface area contributed by atoms with E-state index in [-0.39, 0.29) is 35.9 Å². The number of aromatic carboxylic acids is 1. The number of carboxylic acid groups (broad SMARTS) is 1. The third-order valence-electron chi connectivity index (χ3n) is 10.1. The molecule has 3 aromatic carbocycles. The molecule has 0 radical (unpaired) electrons. The van der Waals surface area contributed by atoms with Crippen molar-refractivity contribution >= 4 is 29.2 Å². The average molecular weight is 727 g/mol. The maximum absolute atomic E-state index is 13.1. The first kappa shape index (κ1) is 41.4. The highest BCUT2D eigenvalue weighted by molar-refractivity contribution is 5.96. The molecule has 0 unspecified atom stereocenters. The number of carbonyl (C=O) groups is 3. The summed E-state index contributed by atoms with van der Waals surface area (Å²) >= 11 is 0. The lowest BCUT2D eigenvalue weighted by Gasteiger charge is -2.34. The Kier molecular flexibility index (Phi) is 16.2. The molecule has 0 spiro atoms. The van der Waals surface area contributed by atoms with E-state index in [1.54, 1.807) is 19.1 Å². The molecule has 0 aromatic heterocycles. The van der Waals surface area contributed by atoms with Gasteiger partial charge in [-0.1, -0.05) is 69.7 Å². The predicted molar refractivity (Wildman–Crippen MR) is 215 cm³/mol. The molecule has 9 nitrogen and oxygen atoms in total. The molecular formula is C44H62N4O5. The molecule has 288 valence electrons. The Morgan fingerprint density at radius 1 is 0.887 bits per heavy atom. The number of para-hydroxylation sites is 2. The molecule has 2 atom stereocenters. The lowest BCUT2D eigenvalue weighted by atomic mass is 9.94. The number of carboxylic acids is 1. The summed E-state index contributed by atoms with van der Waals surface area (Å²) in [6, 6.07) is 19.4. The lowest BCUT2D eigenvalue weighted by Crippen LogP contribution is -2.47. The van der Waals surface area contributed by atoms with Crippen molar-refractivity contribution in [3.05, 3.63) is 88.5 Å². The lowest BCUT2D eigenvalue weighted by molar-refractivity contribution is -0.122. The van der Waals surface area contributed by atoms with E-state index in [2.05, 4.69) is 59.4 Å². The van der Waals surface area contributed by atoms with E-state index in [1.165, 1.54) is 37.4 Å². The van der Waals surface area contributed by atoms with Gasteiger partial charge in [-0.05, 0) is 125 Å². The molecule has 5 rings (SSSR count). The number of nitrogens with zero attached hydrogens (tertiary/aromatic N) is 2. The minimum atomic E-state index is -1.04. The Labute approximate surface area is 317 Å². The van der Waals surface area contributed by atoms with Crippen LogP contribution in [0.15, 0.2) is 60.7 Å². The highest BCUT2D eigenvalue weighted by atomic mass is 16.5. The molecule has 0 bridgehead atoms. The van der Waals surface area contributed by atoms with Crippen LogP contribution in [0.5, 0.6) is 5.75 Å². The number of ether oxygens (including phenoxy) is 1. The van der Waals surface area contributed by atoms with Crippen LogP contribution >= 0.6 is 0 Å². The van der Waals surface area contributed by atoms with Crippen LogP contribution in [0.25, 0.3) is 0 Å². The molecule has 2 aliphatic rings. The van der Waals surface area contributed by atoms with Gasteiger partial charge in [-0.15, -0.1) is 0 Å². The molecule has 53 heavy (non-hydrogen) atoms. The Morgan fingerprint density at radius 3 is 2.25 bits per heavy atom. The number of anilines is 2. The van der Waals surface area contributed by atoms with Gasteiger partial charge < -0.3 is 25.4 Å². The summed E-state index contributed by atoms with van der Waals surface area (Å²) < 4.78 is 5.49. The zero-order valence-corrected chi connectivity index (χ0v) is 32.9. The highest BCUT2D eigenvalue weighted by Gasteiger charge is 2.28. The van der Waals surface area contributed by atoms with Gasteiger partial charge in [0.1, 0.15) is 11.3 Å². The zero-order valence-electron chi connectivity index (χ0n) is 32.9. The number of hydrogen-bond acceptors (Lipinski definition) is 6. The van der Waals surface area contributed by atoms with Crippen LogP contribution < -0.4 is 20.3 Å². The number of amides is 2. The number of piperidine rings is 2. The zero-order chi connectivity index (χ0) is 38.3. The smallest absolute Gasteiger partial charge is 0.339 e. The fraction of sp³-hybridized carbons (Fsp3) is 0.523. The summed E-state index contributed by atoms with van der Waals surface area (Å²) in [5, 5.41) is 15.8. The van der Waals surface area contributed by atoms with E-state index in [9.17, 15) is 19.5 Å². The summed E-state index contributed by atoms with van der Waals surface area (Å²) in [4.78, 5) is 41.9. The maximum Gasteiger partial charge on any atom is 0.339 e. The van der Waals surface area contributed by atoms with Crippen molar-refractivity contribution in [3.8, 4) is 5.75 Å². The molecule has 2 aliphatic heterocycles. The number of likely N-dealkylation sites (tertiary alicyclic amines) is 1. The van der Waals surface area contributed by atoms with Crippen LogP contribution in [0.3, 0.4) is 0 Å². The first-order chi connectivity index (χ1) is 25.5. The monoisotopic (exact) mass is 726 g/mol. The molecule has 2 fully saturated rings. The number of aryl methyl sites for hydroxylation is 2. The normalized spacial score (nSPS) is 16.7. The quantitative estimate of drug-likeness (QED) is 0.152. The Morgan fingerprint density at radius 2 is 1.58 bits per heavy atom. The first-order valence-electron chi connectivity index (χ1n) is 19.8. The summed E-state index contributed by atoms with van der Waals surface area (Å²) in [6.07, 6.45) is 9.14. The number of hydrogen-bond donors (Lipinski definition) is 3. The topological polar surface area (TPSA) is 111 Å². The van der Waals surface area contributed by atoms with Gasteiger partial charge >= 0.3 is 5.97 Å². The highest BCUT2D eigenvalue weighted by Crippen LogP contribution is 2.32. The number of nitrogens with one attached hydrogen (secondary N) is 2. The van der Waals surface area contributed by atoms with Gasteiger partial charge in [-0.2, -0.15) is 0 Å². The molecule has 3 N–H and O–H groups in total. The van der Waals surface area contributed by atoms with Gasteiger partial charge in [0.05, 0.1) is 25.1 Å². The van der Waals surface area contributed by atoms with E-state index >= 15 is 0 Å². The van der Waals surface area contributed by atoms with Gasteiger partial charge in [0.15, 0.2) is 0 Å². The van der Waals surface area contributed by atoms with Crippen molar-refractivity contribution in [1.82, 2.24) is 10.2 Å². The minimum Gasteiger partial charge on any atom is -0.493 e. The predicted octanol–water partition coefficient (Wildman–Crippen LogP) is 8.73. The van der Waals surface area contributed by atoms with E-state index in [0.29, 0.717) is 18.3 Å². The standard InChI is InChI=1S/C27H36N2O4.C17H26N2O/c1-4-33-25-17-20(12-13-22(25)27(31)32)18-26(30)28-23(16-19(2)3)21-10-6-7-11-24(21)29-14-8-5-9-15-29;1-4-11-19-12-6-5-10-15(19)17(20)18-16-13(2)8-7-9-14(16)3/h6-7,10-13,17,19,23H,4-5,8-9,14-16,18H2,1-3H3,(H,28,30)(H,31,32);7-9,15H,4-6,10-12H2,1-3H3,(H,18,20)/t23-;15-/m00/s1. The maximum atomic E-state index is 13.1. The van der Waals surface area contributed by atoms with Gasteiger partial charge in [-0.3, -0.25) is 14.5 Å². The van der Waals surface area contributed by atoms with Gasteiger partial charge in [0.25, 0.3) is 0 Å². The van der Waals surface area contributed by atoms with E-state index in [1.807, 2.05) is 38.1 Å². The van der Waals surface area contributed by atoms with Crippen LogP contribution in [0.1, 0.15) is 118 Å². The Hall–Kier alpha value is -4.37. The fourth-order valence-electron chi connectivity index (χ4n) is 7.56. The molecule has 2 saturated heterocycles. The van der Waals surface area contributed by atoms with Crippen LogP contribution in [-0.4, -0.2) is 66.6 Å². The van der Waals surface area contributed by atoms with Crippen LogP contribution in [0.4, 0.5) is 11.4 Å². The van der Waals surface area contributed by atoms with Crippen molar-refractivity contribution in [2.24, 2.45) is 5.92 Å². The second-order valence-electron chi connectivity index (χ2n) is 14.9. The van der Waals surface area contributed by atoms with E-state index in [0.717, 1.165) is 79.8 Å². The SMILES string of the molecule is CCCN1CCCC[C@H]1C(=O)Nc1c(C)cccc1C.CCOc1cc(CC(=O)N[C@@H](CC(C)C)c2ccccc2N2CCCCC2)ccc1C(=O)O. The Bertz CT molecular complexity index is 1630. The van der Waals surface area contributed by atoms with Crippen molar-refractivity contribution in [2.45, 2.75) is 111 Å². The molecule has 3 aromatic rings. The van der Waals surface area contributed by atoms with Gasteiger partial charge in [0, 0.05) is 24.5 Å². The molecule has 2 amide bonds. The summed E-state index contributed by atoms with van der Waals surface area (Å²) in [5.41, 5.74) is 6.47. The summed E-state index contributed by atoms with van der Waals surface area (Å²) in [7, 11) is 0. The third-order valence-corrected chi connectivity index (χ3v) is 10.1. The molecule has 2 heterocycles.